The number of carbonyl (C=O) groups excluding carboxylic acids is 2. The predicted octanol–water partition coefficient (Wildman–Crippen LogP) is 1.41. The van der Waals surface area contributed by atoms with Crippen LogP contribution in [0.2, 0.25) is 0 Å². The molecule has 1 saturated heterocycles. The molecular weight excluding hydrogens is 429 g/mol. The number of hydrogen-bond donors (Lipinski definition) is 3. The smallest absolute Gasteiger partial charge is 0.276 e. The largest absolute Gasteiger partial charge is 0.503 e. The molecule has 2 aliphatic heterocycles. The van der Waals surface area contributed by atoms with Gasteiger partial charge in [-0.3, -0.25) is 14.4 Å². The highest BCUT2D eigenvalue weighted by Crippen LogP contribution is 2.27. The summed E-state index contributed by atoms with van der Waals surface area (Å²) in [4.78, 5) is 40.5. The Morgan fingerprint density at radius 2 is 1.97 bits per heavy atom. The second-order valence-corrected chi connectivity index (χ2v) is 8.81. The van der Waals surface area contributed by atoms with Crippen LogP contribution < -0.4 is 16.2 Å². The maximum atomic E-state index is 13.3. The number of nitrogens with zero attached hydrogens (tertiary/aromatic N) is 3. The summed E-state index contributed by atoms with van der Waals surface area (Å²) in [6.07, 6.45) is 1.67. The normalized spacial score (nSPS) is 20.9. The van der Waals surface area contributed by atoms with Crippen LogP contribution in [-0.4, -0.2) is 56.2 Å². The minimum atomic E-state index is -0.899. The summed E-state index contributed by atoms with van der Waals surface area (Å²) in [7, 11) is 0. The molecule has 0 spiro atoms. The van der Waals surface area contributed by atoms with Crippen molar-refractivity contribution in [2.45, 2.75) is 58.5 Å². The quantitative estimate of drug-likeness (QED) is 0.641. The number of pyridine rings is 1. The number of hydrogen-bond acceptors (Lipinski definition) is 6. The Morgan fingerprint density at radius 3 is 2.64 bits per heavy atom. The third-order valence-corrected chi connectivity index (χ3v) is 6.21. The van der Waals surface area contributed by atoms with Gasteiger partial charge in [0.25, 0.3) is 11.8 Å². The number of carbonyl (C=O) groups is 2. The minimum Gasteiger partial charge on any atom is -0.503 e. The van der Waals surface area contributed by atoms with Crippen LogP contribution in [0.1, 0.15) is 53.6 Å². The number of aromatic nitrogens is 1. The lowest BCUT2D eigenvalue weighted by Crippen LogP contribution is -2.60. The highest BCUT2D eigenvalue weighted by molar-refractivity contribution is 5.99. The average molecular weight is 458 g/mol. The maximum Gasteiger partial charge on any atom is 0.276 e. The van der Waals surface area contributed by atoms with Gasteiger partial charge in [0.1, 0.15) is 17.5 Å². The lowest BCUT2D eigenvalue weighted by Gasteiger charge is -2.41. The van der Waals surface area contributed by atoms with E-state index in [-0.39, 0.29) is 48.4 Å². The minimum absolute atomic E-state index is 0.0822. The summed E-state index contributed by atoms with van der Waals surface area (Å²) in [5, 5.41) is 15.3. The van der Waals surface area contributed by atoms with Crippen LogP contribution >= 0.6 is 0 Å². The molecule has 2 unspecified atom stereocenters. The molecule has 9 nitrogen and oxygen atoms in total. The number of hydrazine groups is 1. The fraction of sp³-hybridized carbons (Fsp3) is 0.435. The zero-order valence-electron chi connectivity index (χ0n) is 18.8. The third-order valence-electron chi connectivity index (χ3n) is 6.21. The van der Waals surface area contributed by atoms with Crippen LogP contribution in [-0.2, 0) is 13.1 Å². The molecule has 2 amide bonds. The van der Waals surface area contributed by atoms with E-state index in [1.807, 2.05) is 6.92 Å². The number of benzene rings is 1. The van der Waals surface area contributed by atoms with Gasteiger partial charge in [-0.15, -0.1) is 0 Å². The Kier molecular flexibility index (Phi) is 6.22. The van der Waals surface area contributed by atoms with E-state index in [1.54, 1.807) is 4.90 Å². The molecule has 176 valence electrons. The van der Waals surface area contributed by atoms with Crippen LogP contribution in [0.5, 0.6) is 5.75 Å². The van der Waals surface area contributed by atoms with Crippen molar-refractivity contribution in [1.29, 1.82) is 0 Å². The summed E-state index contributed by atoms with van der Waals surface area (Å²) in [6.45, 7) is 7.14. The Hall–Kier alpha value is -3.24. The topological polar surface area (TPSA) is 107 Å². The monoisotopic (exact) mass is 457 g/mol. The van der Waals surface area contributed by atoms with E-state index in [2.05, 4.69) is 29.6 Å². The zero-order chi connectivity index (χ0) is 23.9. The Labute approximate surface area is 190 Å². The average Bonchev–Trinajstić information content (AvgIpc) is 2.94. The molecule has 0 saturated carbocycles. The number of amides is 2. The molecule has 4 rings (SSSR count). The SMILES string of the molecule is CC(C)N1CCC(C)N2C(=O)c3c(O)c(=O)c(C(=O)NCc4ccc(F)cc4)cn3CC2N1. The third kappa shape index (κ3) is 4.36. The van der Waals surface area contributed by atoms with E-state index in [1.165, 1.54) is 35.0 Å². The van der Waals surface area contributed by atoms with Crippen LogP contribution in [0.25, 0.3) is 0 Å². The lowest BCUT2D eigenvalue weighted by molar-refractivity contribution is 0.0278. The Balaban J connectivity index is 1.63. The fourth-order valence-electron chi connectivity index (χ4n) is 4.34. The molecular formula is C23H28FN5O4. The first kappa shape index (κ1) is 22.9. The second-order valence-electron chi connectivity index (χ2n) is 8.81. The van der Waals surface area contributed by atoms with Gasteiger partial charge in [-0.2, -0.15) is 0 Å². The molecule has 3 heterocycles. The molecule has 0 bridgehead atoms. The Bertz CT molecular complexity index is 1130. The maximum absolute atomic E-state index is 13.3. The second kappa shape index (κ2) is 8.95. The molecule has 10 heteroatoms. The van der Waals surface area contributed by atoms with Crippen LogP contribution in [0.4, 0.5) is 4.39 Å². The van der Waals surface area contributed by atoms with Crippen molar-refractivity contribution in [3.63, 3.8) is 0 Å². The van der Waals surface area contributed by atoms with Gasteiger partial charge in [0.15, 0.2) is 11.4 Å². The van der Waals surface area contributed by atoms with Gasteiger partial charge in [-0.1, -0.05) is 12.1 Å². The van der Waals surface area contributed by atoms with Gasteiger partial charge in [-0.05, 0) is 44.9 Å². The summed E-state index contributed by atoms with van der Waals surface area (Å²) in [5.41, 5.74) is 2.76. The van der Waals surface area contributed by atoms with Crippen molar-refractivity contribution in [3.8, 4) is 5.75 Å². The fourth-order valence-corrected chi connectivity index (χ4v) is 4.34. The van der Waals surface area contributed by atoms with Gasteiger partial charge in [0.05, 0.1) is 6.54 Å². The summed E-state index contributed by atoms with van der Waals surface area (Å²) < 4.78 is 14.5. The zero-order valence-corrected chi connectivity index (χ0v) is 18.8. The molecule has 0 aliphatic carbocycles. The number of nitrogens with one attached hydrogen (secondary N) is 2. The molecule has 1 aromatic heterocycles. The van der Waals surface area contributed by atoms with E-state index >= 15 is 0 Å². The van der Waals surface area contributed by atoms with Crippen LogP contribution in [0.3, 0.4) is 0 Å². The molecule has 1 aromatic carbocycles. The number of aromatic hydroxyl groups is 1. The molecule has 33 heavy (non-hydrogen) atoms. The van der Waals surface area contributed by atoms with Crippen molar-refractivity contribution < 1.29 is 19.1 Å². The molecule has 2 aliphatic rings. The molecule has 2 atom stereocenters. The van der Waals surface area contributed by atoms with E-state index < -0.39 is 23.0 Å². The number of fused-ring (bicyclic) bond motifs is 2. The molecule has 1 fully saturated rings. The van der Waals surface area contributed by atoms with E-state index in [0.717, 1.165) is 13.0 Å². The highest BCUT2D eigenvalue weighted by Gasteiger charge is 2.41. The lowest BCUT2D eigenvalue weighted by atomic mass is 10.1. The van der Waals surface area contributed by atoms with Gasteiger partial charge >= 0.3 is 0 Å². The van der Waals surface area contributed by atoms with Crippen molar-refractivity contribution in [2.24, 2.45) is 0 Å². The van der Waals surface area contributed by atoms with E-state index in [9.17, 15) is 23.9 Å². The first-order valence-corrected chi connectivity index (χ1v) is 11.0. The van der Waals surface area contributed by atoms with Gasteiger partial charge in [-0.25, -0.2) is 14.8 Å². The van der Waals surface area contributed by atoms with Gasteiger partial charge in [0, 0.05) is 31.4 Å². The van der Waals surface area contributed by atoms with Crippen molar-refractivity contribution in [1.82, 2.24) is 25.2 Å². The highest BCUT2D eigenvalue weighted by atomic mass is 19.1. The molecule has 3 N–H and O–H groups in total. The van der Waals surface area contributed by atoms with Crippen molar-refractivity contribution in [3.05, 3.63) is 63.3 Å². The number of rotatable bonds is 4. The summed E-state index contributed by atoms with van der Waals surface area (Å²) in [6, 6.07) is 5.72. The molecule has 0 radical (unpaired) electrons. The standard InChI is InChI=1S/C23H28FN5O4/c1-13(2)28-9-8-14(3)29-18(26-28)12-27-11-17(20(30)21(31)19(27)23(29)33)22(32)25-10-15-4-6-16(24)7-5-15/h4-7,11,13-14,18,26,31H,8-10,12H2,1-3H3,(H,25,32). The van der Waals surface area contributed by atoms with Crippen LogP contribution in [0.15, 0.2) is 35.3 Å². The van der Waals surface area contributed by atoms with Gasteiger partial charge < -0.3 is 19.9 Å². The number of halogens is 1. The van der Waals surface area contributed by atoms with E-state index in [0.29, 0.717) is 5.56 Å². The first-order valence-electron chi connectivity index (χ1n) is 11.0. The molecule has 2 aromatic rings. The first-order chi connectivity index (χ1) is 15.7. The Morgan fingerprint density at radius 1 is 1.27 bits per heavy atom. The summed E-state index contributed by atoms with van der Waals surface area (Å²) in [5.74, 6) is -2.26. The van der Waals surface area contributed by atoms with Gasteiger partial charge in [0.2, 0.25) is 5.43 Å². The van der Waals surface area contributed by atoms with E-state index in [4.69, 9.17) is 0 Å². The van der Waals surface area contributed by atoms with Crippen molar-refractivity contribution >= 4 is 11.8 Å². The predicted molar refractivity (Wildman–Crippen MR) is 119 cm³/mol. The van der Waals surface area contributed by atoms with Crippen molar-refractivity contribution in [2.75, 3.05) is 6.54 Å². The summed E-state index contributed by atoms with van der Waals surface area (Å²) >= 11 is 0. The van der Waals surface area contributed by atoms with Crippen LogP contribution in [0, 0.1) is 5.82 Å².